The van der Waals surface area contributed by atoms with Gasteiger partial charge in [0.2, 0.25) is 0 Å². The van der Waals surface area contributed by atoms with E-state index in [9.17, 15) is 0 Å². The molecule has 0 bridgehead atoms. The van der Waals surface area contributed by atoms with Gasteiger partial charge in [-0.2, -0.15) is 12.6 Å². The van der Waals surface area contributed by atoms with Crippen molar-refractivity contribution in [2.45, 2.75) is 5.75 Å². The fourth-order valence-electron chi connectivity index (χ4n) is 0.626. The third-order valence-corrected chi connectivity index (χ3v) is 2.50. The number of ether oxygens (including phenoxy) is 1. The van der Waals surface area contributed by atoms with Crippen molar-refractivity contribution in [2.75, 3.05) is 7.11 Å². The molecule has 0 unspecified atom stereocenters. The number of methoxy groups -OCH3 is 1. The van der Waals surface area contributed by atoms with E-state index >= 15 is 0 Å². The van der Waals surface area contributed by atoms with Crippen molar-refractivity contribution in [3.05, 3.63) is 16.3 Å². The van der Waals surface area contributed by atoms with E-state index < -0.39 is 0 Å². The quantitative estimate of drug-likeness (QED) is 0.652. The van der Waals surface area contributed by atoms with Gasteiger partial charge >= 0.3 is 0 Å². The molecule has 0 N–H and O–H groups in total. The predicted molar refractivity (Wildman–Crippen MR) is 43.6 cm³/mol. The molecule has 0 fully saturated rings. The van der Waals surface area contributed by atoms with Gasteiger partial charge in [-0.3, -0.25) is 0 Å². The second-order valence-corrected chi connectivity index (χ2v) is 2.89. The van der Waals surface area contributed by atoms with Crippen LogP contribution in [0.1, 0.15) is 4.88 Å². The van der Waals surface area contributed by atoms with E-state index in [1.54, 1.807) is 18.4 Å². The highest BCUT2D eigenvalue weighted by Crippen LogP contribution is 2.25. The summed E-state index contributed by atoms with van der Waals surface area (Å²) in [5.74, 6) is 1.72. The van der Waals surface area contributed by atoms with Crippen molar-refractivity contribution >= 4 is 24.0 Å². The average Bonchev–Trinajstić information content (AvgIpc) is 2.33. The fourth-order valence-corrected chi connectivity index (χ4v) is 1.70. The highest BCUT2D eigenvalue weighted by atomic mass is 32.1. The monoisotopic (exact) mass is 160 g/mol. The van der Waals surface area contributed by atoms with E-state index in [1.165, 1.54) is 4.88 Å². The number of thiophene rings is 1. The molecule has 1 rings (SSSR count). The first kappa shape index (κ1) is 6.96. The zero-order valence-electron chi connectivity index (χ0n) is 5.13. The number of rotatable bonds is 2. The van der Waals surface area contributed by atoms with Crippen molar-refractivity contribution in [3.63, 3.8) is 0 Å². The maximum absolute atomic E-state index is 5.04. The van der Waals surface area contributed by atoms with Crippen LogP contribution < -0.4 is 4.74 Å². The van der Waals surface area contributed by atoms with E-state index in [0.29, 0.717) is 0 Å². The molecule has 0 atom stereocenters. The smallest absolute Gasteiger partial charge is 0.133 e. The van der Waals surface area contributed by atoms with Crippen LogP contribution in [0.5, 0.6) is 5.75 Å². The van der Waals surface area contributed by atoms with E-state index in [1.807, 2.05) is 11.4 Å². The lowest BCUT2D eigenvalue weighted by molar-refractivity contribution is 0.414. The largest absolute Gasteiger partial charge is 0.496 e. The lowest BCUT2D eigenvalue weighted by atomic mass is 10.5. The molecule has 50 valence electrons. The van der Waals surface area contributed by atoms with Gasteiger partial charge in [-0.05, 0) is 11.4 Å². The summed E-state index contributed by atoms with van der Waals surface area (Å²) in [4.78, 5) is 1.20. The summed E-state index contributed by atoms with van der Waals surface area (Å²) in [6, 6.07) is 1.95. The molecule has 0 aliphatic carbocycles. The van der Waals surface area contributed by atoms with Crippen molar-refractivity contribution in [1.29, 1.82) is 0 Å². The van der Waals surface area contributed by atoms with Gasteiger partial charge in [0.1, 0.15) is 5.75 Å². The van der Waals surface area contributed by atoms with Gasteiger partial charge in [-0.1, -0.05) is 0 Å². The SMILES string of the molecule is COc1ccsc1CS. The van der Waals surface area contributed by atoms with Gasteiger partial charge in [-0.25, -0.2) is 0 Å². The molecule has 0 saturated carbocycles. The van der Waals surface area contributed by atoms with E-state index in [2.05, 4.69) is 12.6 Å². The Morgan fingerprint density at radius 2 is 2.56 bits per heavy atom. The molecular formula is C6H8OS2. The van der Waals surface area contributed by atoms with Crippen LogP contribution in [0.4, 0.5) is 0 Å². The van der Waals surface area contributed by atoms with Crippen molar-refractivity contribution in [3.8, 4) is 5.75 Å². The minimum atomic E-state index is 0.765. The summed E-state index contributed by atoms with van der Waals surface area (Å²) in [7, 11) is 1.68. The second-order valence-electron chi connectivity index (χ2n) is 1.57. The molecule has 1 nitrogen and oxygen atoms in total. The minimum Gasteiger partial charge on any atom is -0.496 e. The lowest BCUT2D eigenvalue weighted by Crippen LogP contribution is -1.81. The first-order valence-corrected chi connectivity index (χ1v) is 4.11. The highest BCUT2D eigenvalue weighted by molar-refractivity contribution is 7.79. The Hall–Kier alpha value is -0.150. The van der Waals surface area contributed by atoms with E-state index in [-0.39, 0.29) is 0 Å². The third-order valence-electron chi connectivity index (χ3n) is 1.07. The number of hydrogen-bond donors (Lipinski definition) is 1. The van der Waals surface area contributed by atoms with Crippen LogP contribution in [0.2, 0.25) is 0 Å². The van der Waals surface area contributed by atoms with Gasteiger partial charge < -0.3 is 4.74 Å². The van der Waals surface area contributed by atoms with Crippen molar-refractivity contribution < 1.29 is 4.74 Å². The van der Waals surface area contributed by atoms with Gasteiger partial charge in [0.05, 0.1) is 12.0 Å². The molecule has 0 aromatic carbocycles. The Morgan fingerprint density at radius 1 is 1.78 bits per heavy atom. The zero-order chi connectivity index (χ0) is 6.69. The van der Waals surface area contributed by atoms with Crippen molar-refractivity contribution in [2.24, 2.45) is 0 Å². The van der Waals surface area contributed by atoms with Crippen LogP contribution in [0, 0.1) is 0 Å². The van der Waals surface area contributed by atoms with Crippen LogP contribution in [0.15, 0.2) is 11.4 Å². The van der Waals surface area contributed by atoms with E-state index in [0.717, 1.165) is 11.5 Å². The molecule has 1 aromatic heterocycles. The molecule has 1 heterocycles. The molecule has 0 aliphatic heterocycles. The van der Waals surface area contributed by atoms with Gasteiger partial charge in [0.15, 0.2) is 0 Å². The molecule has 0 aliphatic rings. The summed E-state index contributed by atoms with van der Waals surface area (Å²) in [6.07, 6.45) is 0. The number of thiol groups is 1. The number of hydrogen-bond acceptors (Lipinski definition) is 3. The Labute approximate surface area is 64.1 Å². The lowest BCUT2D eigenvalue weighted by Gasteiger charge is -1.95. The molecule has 0 amide bonds. The van der Waals surface area contributed by atoms with E-state index in [4.69, 9.17) is 4.74 Å². The third kappa shape index (κ3) is 1.40. The van der Waals surface area contributed by atoms with Crippen LogP contribution in [0.25, 0.3) is 0 Å². The average molecular weight is 160 g/mol. The molecule has 0 saturated heterocycles. The zero-order valence-corrected chi connectivity index (χ0v) is 6.84. The maximum Gasteiger partial charge on any atom is 0.133 e. The minimum absolute atomic E-state index is 0.765. The fraction of sp³-hybridized carbons (Fsp3) is 0.333. The summed E-state index contributed by atoms with van der Waals surface area (Å²) in [5, 5.41) is 2.00. The van der Waals surface area contributed by atoms with Gasteiger partial charge in [0, 0.05) is 5.75 Å². The maximum atomic E-state index is 5.04. The Balaban J connectivity index is 2.85. The Morgan fingerprint density at radius 3 is 3.00 bits per heavy atom. The molecule has 0 radical (unpaired) electrons. The summed E-state index contributed by atoms with van der Waals surface area (Å²) in [5.41, 5.74) is 0. The molecule has 3 heteroatoms. The van der Waals surface area contributed by atoms with Crippen LogP contribution in [0.3, 0.4) is 0 Å². The topological polar surface area (TPSA) is 9.23 Å². The first-order valence-electron chi connectivity index (χ1n) is 2.59. The summed E-state index contributed by atoms with van der Waals surface area (Å²) < 4.78 is 5.04. The van der Waals surface area contributed by atoms with Crippen LogP contribution >= 0.6 is 24.0 Å². The normalized spacial score (nSPS) is 9.56. The molecular weight excluding hydrogens is 152 g/mol. The Bertz CT molecular complexity index is 164. The predicted octanol–water partition coefficient (Wildman–Crippen LogP) is 2.19. The highest BCUT2D eigenvalue weighted by Gasteiger charge is 1.99. The van der Waals surface area contributed by atoms with Crippen molar-refractivity contribution in [1.82, 2.24) is 0 Å². The Kier molecular flexibility index (Phi) is 2.42. The van der Waals surface area contributed by atoms with Crippen LogP contribution in [-0.2, 0) is 5.75 Å². The first-order chi connectivity index (χ1) is 4.38. The molecule has 9 heavy (non-hydrogen) atoms. The second kappa shape index (κ2) is 3.13. The standard InChI is InChI=1S/C6H8OS2/c1-7-5-2-3-9-6(5)4-8/h2-3,8H,4H2,1H3. The summed E-state index contributed by atoms with van der Waals surface area (Å²) >= 11 is 5.80. The van der Waals surface area contributed by atoms with Gasteiger partial charge in [-0.15, -0.1) is 11.3 Å². The molecule has 1 aromatic rings. The van der Waals surface area contributed by atoms with Crippen LogP contribution in [-0.4, -0.2) is 7.11 Å². The van der Waals surface area contributed by atoms with Gasteiger partial charge in [0.25, 0.3) is 0 Å². The molecule has 0 spiro atoms. The summed E-state index contributed by atoms with van der Waals surface area (Å²) in [6.45, 7) is 0.